The van der Waals surface area contributed by atoms with Gasteiger partial charge in [0.05, 0.1) is 5.00 Å². The summed E-state index contributed by atoms with van der Waals surface area (Å²) in [5, 5.41) is 7.02. The van der Waals surface area contributed by atoms with Gasteiger partial charge in [0.25, 0.3) is 0 Å². The molecular weight excluding hydrogens is 276 g/mol. The summed E-state index contributed by atoms with van der Waals surface area (Å²) in [4.78, 5) is 2.40. The second kappa shape index (κ2) is 6.63. The van der Waals surface area contributed by atoms with Crippen molar-refractivity contribution in [3.8, 4) is 0 Å². The predicted octanol–water partition coefficient (Wildman–Crippen LogP) is 4.16. The summed E-state index contributed by atoms with van der Waals surface area (Å²) in [6.07, 6.45) is 4.64. The molecule has 2 heterocycles. The topological polar surface area (TPSA) is 15.3 Å². The van der Waals surface area contributed by atoms with Crippen LogP contribution >= 0.6 is 11.3 Å². The molecule has 1 aliphatic rings. The highest BCUT2D eigenvalue weighted by atomic mass is 32.1. The van der Waals surface area contributed by atoms with Gasteiger partial charge in [0.15, 0.2) is 0 Å². The van der Waals surface area contributed by atoms with Gasteiger partial charge in [-0.2, -0.15) is 0 Å². The van der Waals surface area contributed by atoms with E-state index in [-0.39, 0.29) is 0 Å². The maximum absolute atomic E-state index is 3.53. The van der Waals surface area contributed by atoms with Crippen molar-refractivity contribution >= 4 is 22.0 Å². The van der Waals surface area contributed by atoms with Gasteiger partial charge in [-0.1, -0.05) is 25.5 Å². The smallest absolute Gasteiger partial charge is 0.0950 e. The third-order valence-electron chi connectivity index (χ3n) is 4.28. The monoisotopic (exact) mass is 300 g/mol. The van der Waals surface area contributed by atoms with E-state index in [9.17, 15) is 0 Å². The van der Waals surface area contributed by atoms with Crippen molar-refractivity contribution in [3.63, 3.8) is 0 Å². The minimum atomic E-state index is 1.09. The van der Waals surface area contributed by atoms with Crippen molar-refractivity contribution < 1.29 is 0 Å². The Hall–Kier alpha value is -1.32. The third kappa shape index (κ3) is 2.99. The first-order valence-electron chi connectivity index (χ1n) is 7.93. The number of anilines is 2. The Morgan fingerprint density at radius 2 is 2.05 bits per heavy atom. The van der Waals surface area contributed by atoms with Crippen LogP contribution in [0, 0.1) is 0 Å². The molecule has 0 amide bonds. The zero-order valence-electron chi connectivity index (χ0n) is 13.0. The SMILES string of the molecule is CCCc1ccc2c(c1N(C)c1cccs1)CCNCC2. The molecule has 0 saturated heterocycles. The lowest BCUT2D eigenvalue weighted by atomic mass is 9.94. The lowest BCUT2D eigenvalue weighted by Crippen LogP contribution is -2.17. The number of thiophene rings is 1. The number of nitrogens with one attached hydrogen (secondary N) is 1. The minimum absolute atomic E-state index is 1.09. The summed E-state index contributed by atoms with van der Waals surface area (Å²) < 4.78 is 0. The summed E-state index contributed by atoms with van der Waals surface area (Å²) in [5.41, 5.74) is 6.04. The average molecular weight is 300 g/mol. The molecule has 0 spiro atoms. The van der Waals surface area contributed by atoms with Crippen LogP contribution in [0.5, 0.6) is 0 Å². The van der Waals surface area contributed by atoms with E-state index < -0.39 is 0 Å². The number of hydrogen-bond donors (Lipinski definition) is 1. The molecule has 1 N–H and O–H groups in total. The molecule has 0 aliphatic carbocycles. The van der Waals surface area contributed by atoms with Crippen LogP contribution in [0.25, 0.3) is 0 Å². The Morgan fingerprint density at radius 1 is 1.19 bits per heavy atom. The van der Waals surface area contributed by atoms with Crippen LogP contribution in [-0.4, -0.2) is 20.1 Å². The lowest BCUT2D eigenvalue weighted by molar-refractivity contribution is 0.711. The molecule has 0 unspecified atom stereocenters. The van der Waals surface area contributed by atoms with Crippen LogP contribution in [-0.2, 0) is 19.3 Å². The number of benzene rings is 1. The lowest BCUT2D eigenvalue weighted by Gasteiger charge is -2.26. The van der Waals surface area contributed by atoms with Crippen LogP contribution in [0.3, 0.4) is 0 Å². The highest BCUT2D eigenvalue weighted by Gasteiger charge is 2.19. The van der Waals surface area contributed by atoms with Crippen LogP contribution in [0.4, 0.5) is 10.7 Å². The molecule has 21 heavy (non-hydrogen) atoms. The van der Waals surface area contributed by atoms with Gasteiger partial charge in [0.1, 0.15) is 0 Å². The second-order valence-corrected chi connectivity index (χ2v) is 6.65. The molecule has 0 radical (unpaired) electrons. The quantitative estimate of drug-likeness (QED) is 0.912. The van der Waals surface area contributed by atoms with E-state index in [4.69, 9.17) is 0 Å². The third-order valence-corrected chi connectivity index (χ3v) is 5.22. The summed E-state index contributed by atoms with van der Waals surface area (Å²) in [7, 11) is 2.22. The van der Waals surface area contributed by atoms with Gasteiger partial charge in [0.2, 0.25) is 0 Å². The van der Waals surface area contributed by atoms with Gasteiger partial charge in [0, 0.05) is 12.7 Å². The normalized spacial score (nSPS) is 14.6. The second-order valence-electron chi connectivity index (χ2n) is 5.72. The van der Waals surface area contributed by atoms with E-state index in [2.05, 4.69) is 53.8 Å². The summed E-state index contributed by atoms with van der Waals surface area (Å²) in [6.45, 7) is 4.46. The van der Waals surface area contributed by atoms with Crippen molar-refractivity contribution in [1.29, 1.82) is 0 Å². The Balaban J connectivity index is 2.10. The van der Waals surface area contributed by atoms with Crippen LogP contribution in [0.1, 0.15) is 30.0 Å². The average Bonchev–Trinajstić information content (AvgIpc) is 2.92. The number of aryl methyl sites for hydroxylation is 1. The van der Waals surface area contributed by atoms with Gasteiger partial charge in [-0.25, -0.2) is 0 Å². The fourth-order valence-corrected chi connectivity index (χ4v) is 3.96. The van der Waals surface area contributed by atoms with Gasteiger partial charge in [-0.15, -0.1) is 11.3 Å². The Bertz CT molecular complexity index is 590. The van der Waals surface area contributed by atoms with E-state index in [0.717, 1.165) is 32.4 Å². The van der Waals surface area contributed by atoms with Gasteiger partial charge in [-0.05, 0) is 66.6 Å². The molecule has 0 saturated carbocycles. The number of rotatable bonds is 4. The van der Waals surface area contributed by atoms with Crippen LogP contribution in [0.2, 0.25) is 0 Å². The molecule has 112 valence electrons. The van der Waals surface area contributed by atoms with Crippen molar-refractivity contribution in [1.82, 2.24) is 5.32 Å². The molecule has 0 atom stereocenters. The highest BCUT2D eigenvalue weighted by Crippen LogP contribution is 2.36. The van der Waals surface area contributed by atoms with Crippen molar-refractivity contribution in [2.45, 2.75) is 32.6 Å². The van der Waals surface area contributed by atoms with Crippen molar-refractivity contribution in [3.05, 3.63) is 46.3 Å². The first-order chi connectivity index (χ1) is 10.3. The Labute approximate surface area is 131 Å². The zero-order valence-corrected chi connectivity index (χ0v) is 13.8. The molecule has 2 nitrogen and oxygen atoms in total. The largest absolute Gasteiger partial charge is 0.336 e. The first-order valence-corrected chi connectivity index (χ1v) is 8.80. The van der Waals surface area contributed by atoms with Crippen molar-refractivity contribution in [2.24, 2.45) is 0 Å². The number of hydrogen-bond acceptors (Lipinski definition) is 3. The molecule has 3 heteroatoms. The highest BCUT2D eigenvalue weighted by molar-refractivity contribution is 7.14. The summed E-state index contributed by atoms with van der Waals surface area (Å²) in [6, 6.07) is 9.07. The molecule has 1 aromatic carbocycles. The Morgan fingerprint density at radius 3 is 2.81 bits per heavy atom. The summed E-state index contributed by atoms with van der Waals surface area (Å²) >= 11 is 1.82. The fourth-order valence-electron chi connectivity index (χ4n) is 3.26. The van der Waals surface area contributed by atoms with E-state index >= 15 is 0 Å². The minimum Gasteiger partial charge on any atom is -0.336 e. The molecule has 0 fully saturated rings. The molecule has 1 aromatic heterocycles. The first kappa shape index (κ1) is 14.6. The summed E-state index contributed by atoms with van der Waals surface area (Å²) in [5.74, 6) is 0. The molecular formula is C18H24N2S. The van der Waals surface area contributed by atoms with Gasteiger partial charge >= 0.3 is 0 Å². The van der Waals surface area contributed by atoms with Crippen LogP contribution < -0.4 is 10.2 Å². The van der Waals surface area contributed by atoms with Gasteiger partial charge < -0.3 is 10.2 Å². The zero-order chi connectivity index (χ0) is 14.7. The van der Waals surface area contributed by atoms with E-state index in [0.29, 0.717) is 0 Å². The Kier molecular flexibility index (Phi) is 4.61. The van der Waals surface area contributed by atoms with E-state index in [1.165, 1.54) is 28.2 Å². The van der Waals surface area contributed by atoms with E-state index in [1.54, 1.807) is 5.56 Å². The molecule has 1 aliphatic heterocycles. The molecule has 2 aromatic rings. The number of fused-ring (bicyclic) bond motifs is 1. The molecule has 0 bridgehead atoms. The maximum Gasteiger partial charge on any atom is 0.0950 e. The van der Waals surface area contributed by atoms with Crippen LogP contribution in [0.15, 0.2) is 29.6 Å². The van der Waals surface area contributed by atoms with E-state index in [1.807, 2.05) is 11.3 Å². The standard InChI is InChI=1S/C18H24N2S/c1-3-5-15-8-7-14-9-11-19-12-10-16(14)18(15)20(2)17-6-4-13-21-17/h4,6-8,13,19H,3,5,9-12H2,1-2H3. The fraction of sp³-hybridized carbons (Fsp3) is 0.444. The van der Waals surface area contributed by atoms with Crippen molar-refractivity contribution in [2.75, 3.05) is 25.0 Å². The number of nitrogens with zero attached hydrogens (tertiary/aromatic N) is 1. The van der Waals surface area contributed by atoms with Gasteiger partial charge in [-0.3, -0.25) is 0 Å². The molecule has 3 rings (SSSR count). The predicted molar refractivity (Wildman–Crippen MR) is 93.1 cm³/mol. The maximum atomic E-state index is 3.53.